The highest BCUT2D eigenvalue weighted by Gasteiger charge is 2.27. The third-order valence-corrected chi connectivity index (χ3v) is 7.65. The summed E-state index contributed by atoms with van der Waals surface area (Å²) in [5, 5.41) is 7.37. The van der Waals surface area contributed by atoms with Gasteiger partial charge in [-0.25, -0.2) is 0 Å². The van der Waals surface area contributed by atoms with E-state index in [2.05, 4.69) is 56.4 Å². The van der Waals surface area contributed by atoms with Gasteiger partial charge in [-0.15, -0.1) is 0 Å². The molecule has 3 aromatic rings. The number of piperidine rings is 1. The molecular weight excluding hydrogens is 482 g/mol. The van der Waals surface area contributed by atoms with E-state index in [1.54, 1.807) is 14.2 Å². The van der Waals surface area contributed by atoms with Crippen molar-refractivity contribution in [1.82, 2.24) is 20.4 Å². The molecule has 1 aromatic heterocycles. The molecule has 0 radical (unpaired) electrons. The standard InChI is InChI=1S/C29H37N5O4/c1-20(21-6-9-24(10-7-21)34-14-4-5-15-34)30-29(35)22-12-16-33(17-13-22)19-27-31-28(32-38-27)23-8-11-25(36-2)26(18-23)37-3/h6-11,18,20,22H,4-5,12-17,19H2,1-3H3,(H,30,35). The molecule has 3 heterocycles. The molecule has 9 nitrogen and oxygen atoms in total. The SMILES string of the molecule is COc1ccc(-c2noc(CN3CCC(C(=O)NC(C)c4ccc(N5CCCC5)cc4)CC3)n2)cc1OC. The number of carbonyl (C=O) groups excluding carboxylic acids is 1. The number of likely N-dealkylation sites (tertiary alicyclic amines) is 1. The van der Waals surface area contributed by atoms with Crippen LogP contribution in [0, 0.1) is 5.92 Å². The minimum Gasteiger partial charge on any atom is -0.493 e. The minimum atomic E-state index is -0.0125. The molecule has 0 saturated carbocycles. The maximum Gasteiger partial charge on any atom is 0.241 e. The third kappa shape index (κ3) is 5.93. The number of aromatic nitrogens is 2. The van der Waals surface area contributed by atoms with Gasteiger partial charge in [0, 0.05) is 30.3 Å². The van der Waals surface area contributed by atoms with E-state index in [9.17, 15) is 4.79 Å². The van der Waals surface area contributed by atoms with Crippen molar-refractivity contribution in [3.63, 3.8) is 0 Å². The lowest BCUT2D eigenvalue weighted by atomic mass is 9.95. The second-order valence-electron chi connectivity index (χ2n) is 10.1. The Balaban J connectivity index is 1.10. The van der Waals surface area contributed by atoms with Crippen LogP contribution < -0.4 is 19.7 Å². The molecule has 38 heavy (non-hydrogen) atoms. The fourth-order valence-corrected chi connectivity index (χ4v) is 5.32. The van der Waals surface area contributed by atoms with Crippen molar-refractivity contribution in [2.24, 2.45) is 5.92 Å². The van der Waals surface area contributed by atoms with Crippen LogP contribution in [0.15, 0.2) is 47.0 Å². The molecule has 2 aliphatic rings. The van der Waals surface area contributed by atoms with E-state index in [0.717, 1.165) is 50.1 Å². The van der Waals surface area contributed by atoms with E-state index in [-0.39, 0.29) is 17.9 Å². The van der Waals surface area contributed by atoms with Crippen molar-refractivity contribution in [2.75, 3.05) is 45.3 Å². The molecule has 0 aliphatic carbocycles. The Bertz CT molecular complexity index is 1210. The largest absolute Gasteiger partial charge is 0.493 e. The molecule has 0 bridgehead atoms. The van der Waals surface area contributed by atoms with Crippen LogP contribution in [-0.2, 0) is 11.3 Å². The summed E-state index contributed by atoms with van der Waals surface area (Å²) < 4.78 is 16.2. The summed E-state index contributed by atoms with van der Waals surface area (Å²) in [5.74, 6) is 2.49. The molecule has 5 rings (SSSR count). The van der Waals surface area contributed by atoms with Gasteiger partial charge in [-0.1, -0.05) is 17.3 Å². The van der Waals surface area contributed by atoms with Gasteiger partial charge in [0.05, 0.1) is 26.8 Å². The van der Waals surface area contributed by atoms with Crippen LogP contribution in [0.5, 0.6) is 11.5 Å². The van der Waals surface area contributed by atoms with E-state index in [4.69, 9.17) is 14.0 Å². The summed E-state index contributed by atoms with van der Waals surface area (Å²) in [6.07, 6.45) is 4.15. The van der Waals surface area contributed by atoms with Gasteiger partial charge in [0.2, 0.25) is 17.6 Å². The van der Waals surface area contributed by atoms with Crippen LogP contribution in [0.3, 0.4) is 0 Å². The summed E-state index contributed by atoms with van der Waals surface area (Å²) in [5.41, 5.74) is 3.21. The molecule has 9 heteroatoms. The highest BCUT2D eigenvalue weighted by Crippen LogP contribution is 2.31. The number of methoxy groups -OCH3 is 2. The molecule has 202 valence electrons. The summed E-state index contributed by atoms with van der Waals surface area (Å²) in [4.78, 5) is 22.2. The van der Waals surface area contributed by atoms with Crippen LogP contribution in [0.2, 0.25) is 0 Å². The summed E-state index contributed by atoms with van der Waals surface area (Å²) in [6.45, 7) is 6.51. The zero-order valence-electron chi connectivity index (χ0n) is 22.5. The zero-order chi connectivity index (χ0) is 26.5. The fourth-order valence-electron chi connectivity index (χ4n) is 5.32. The third-order valence-electron chi connectivity index (χ3n) is 7.65. The monoisotopic (exact) mass is 519 g/mol. The van der Waals surface area contributed by atoms with Crippen LogP contribution in [0.1, 0.15) is 50.1 Å². The van der Waals surface area contributed by atoms with Crippen LogP contribution in [-0.4, -0.2) is 61.3 Å². The predicted molar refractivity (Wildman–Crippen MR) is 145 cm³/mol. The first-order valence-corrected chi connectivity index (χ1v) is 13.5. The van der Waals surface area contributed by atoms with Crippen LogP contribution in [0.25, 0.3) is 11.4 Å². The smallest absolute Gasteiger partial charge is 0.241 e. The molecule has 0 spiro atoms. The van der Waals surface area contributed by atoms with Gasteiger partial charge in [0.25, 0.3) is 0 Å². The normalized spacial score (nSPS) is 17.4. The lowest BCUT2D eigenvalue weighted by molar-refractivity contribution is -0.127. The van der Waals surface area contributed by atoms with Crippen molar-refractivity contribution in [2.45, 2.75) is 45.2 Å². The Hall–Kier alpha value is -3.59. The molecule has 1 unspecified atom stereocenters. The van der Waals surface area contributed by atoms with E-state index >= 15 is 0 Å². The molecule has 2 fully saturated rings. The van der Waals surface area contributed by atoms with Gasteiger partial charge < -0.3 is 24.2 Å². The quantitative estimate of drug-likeness (QED) is 0.444. The highest BCUT2D eigenvalue weighted by molar-refractivity contribution is 5.79. The maximum atomic E-state index is 13.0. The molecule has 1 atom stereocenters. The van der Waals surface area contributed by atoms with Gasteiger partial charge in [-0.05, 0) is 81.6 Å². The first-order chi connectivity index (χ1) is 18.5. The Morgan fingerprint density at radius 3 is 2.42 bits per heavy atom. The number of rotatable bonds is 9. The number of nitrogens with zero attached hydrogens (tertiary/aromatic N) is 4. The molecule has 1 N–H and O–H groups in total. The number of carbonyl (C=O) groups is 1. The number of benzene rings is 2. The fraction of sp³-hybridized carbons (Fsp3) is 0.483. The molecule has 1 amide bonds. The Kier molecular flexibility index (Phi) is 8.12. The predicted octanol–water partition coefficient (Wildman–Crippen LogP) is 4.44. The lowest BCUT2D eigenvalue weighted by Gasteiger charge is -2.31. The average Bonchev–Trinajstić information content (AvgIpc) is 3.66. The number of hydrogen-bond acceptors (Lipinski definition) is 8. The minimum absolute atomic E-state index is 0.0125. The number of ether oxygens (including phenoxy) is 2. The summed E-state index contributed by atoms with van der Waals surface area (Å²) in [6, 6.07) is 14.2. The van der Waals surface area contributed by atoms with Gasteiger partial charge in [-0.3, -0.25) is 9.69 Å². The second-order valence-corrected chi connectivity index (χ2v) is 10.1. The van der Waals surface area contributed by atoms with Crippen LogP contribution in [0.4, 0.5) is 5.69 Å². The Morgan fingerprint density at radius 2 is 1.74 bits per heavy atom. The van der Waals surface area contributed by atoms with E-state index in [0.29, 0.717) is 29.8 Å². The second kappa shape index (κ2) is 11.9. The highest BCUT2D eigenvalue weighted by atomic mass is 16.5. The molecular formula is C29H37N5O4. The van der Waals surface area contributed by atoms with E-state index < -0.39 is 0 Å². The lowest BCUT2D eigenvalue weighted by Crippen LogP contribution is -2.40. The number of anilines is 1. The van der Waals surface area contributed by atoms with Gasteiger partial charge >= 0.3 is 0 Å². The van der Waals surface area contributed by atoms with Crippen molar-refractivity contribution >= 4 is 11.6 Å². The van der Waals surface area contributed by atoms with Crippen LogP contribution >= 0.6 is 0 Å². The first kappa shape index (κ1) is 26.0. The molecule has 2 aliphatic heterocycles. The average molecular weight is 520 g/mol. The summed E-state index contributed by atoms with van der Waals surface area (Å²) >= 11 is 0. The van der Waals surface area contributed by atoms with E-state index in [1.165, 1.54) is 18.5 Å². The number of hydrogen-bond donors (Lipinski definition) is 1. The summed E-state index contributed by atoms with van der Waals surface area (Å²) in [7, 11) is 3.20. The topological polar surface area (TPSA) is 93.0 Å². The zero-order valence-corrected chi connectivity index (χ0v) is 22.5. The Morgan fingerprint density at radius 1 is 1.03 bits per heavy atom. The number of amides is 1. The van der Waals surface area contributed by atoms with Gasteiger partial charge in [0.15, 0.2) is 11.5 Å². The van der Waals surface area contributed by atoms with Gasteiger partial charge in [-0.2, -0.15) is 4.98 Å². The molecule has 2 saturated heterocycles. The maximum absolute atomic E-state index is 13.0. The van der Waals surface area contributed by atoms with Gasteiger partial charge in [0.1, 0.15) is 0 Å². The first-order valence-electron chi connectivity index (χ1n) is 13.5. The van der Waals surface area contributed by atoms with Crippen molar-refractivity contribution < 1.29 is 18.8 Å². The van der Waals surface area contributed by atoms with Crippen molar-refractivity contribution in [1.29, 1.82) is 0 Å². The number of nitrogens with one attached hydrogen (secondary N) is 1. The molecule has 2 aromatic carbocycles. The van der Waals surface area contributed by atoms with Crippen molar-refractivity contribution in [3.05, 3.63) is 53.9 Å². The Labute approximate surface area is 224 Å². The van der Waals surface area contributed by atoms with E-state index in [1.807, 2.05) is 18.2 Å². The van der Waals surface area contributed by atoms with Crippen molar-refractivity contribution in [3.8, 4) is 22.9 Å².